The molecule has 2 aliphatic rings. The van der Waals surface area contributed by atoms with Gasteiger partial charge in [-0.05, 0) is 23.3 Å². The highest BCUT2D eigenvalue weighted by Gasteiger charge is 2.34. The van der Waals surface area contributed by atoms with Crippen LogP contribution in [0.15, 0.2) is 54.9 Å². The molecule has 0 bridgehead atoms. The van der Waals surface area contributed by atoms with Gasteiger partial charge < -0.3 is 4.98 Å². The Balaban J connectivity index is 1.47. The summed E-state index contributed by atoms with van der Waals surface area (Å²) in [7, 11) is 0. The van der Waals surface area contributed by atoms with Crippen LogP contribution < -0.4 is 9.80 Å². The van der Waals surface area contributed by atoms with Crippen molar-refractivity contribution in [3.63, 3.8) is 0 Å². The van der Waals surface area contributed by atoms with Crippen molar-refractivity contribution in [1.82, 2.24) is 19.9 Å². The lowest BCUT2D eigenvalue weighted by atomic mass is 10.1. The van der Waals surface area contributed by atoms with Crippen molar-refractivity contribution >= 4 is 34.7 Å². The highest BCUT2D eigenvalue weighted by Crippen LogP contribution is 2.33. The summed E-state index contributed by atoms with van der Waals surface area (Å²) in [4.78, 5) is 45.4. The molecule has 0 saturated carbocycles. The SMILES string of the molecule is O=C1c2ccccc2CN1c1nc(N2Cc3ccccc3C2=O)c2nc[nH]c2n1. The van der Waals surface area contributed by atoms with Gasteiger partial charge in [-0.3, -0.25) is 19.4 Å². The summed E-state index contributed by atoms with van der Waals surface area (Å²) in [5.41, 5.74) is 4.15. The second kappa shape index (κ2) is 5.71. The van der Waals surface area contributed by atoms with Crippen LogP contribution in [0.5, 0.6) is 0 Å². The molecule has 4 heterocycles. The molecule has 6 rings (SSSR count). The zero-order chi connectivity index (χ0) is 19.5. The number of amides is 2. The molecule has 2 aromatic heterocycles. The molecule has 0 fully saturated rings. The predicted octanol–water partition coefficient (Wildman–Crippen LogP) is 2.67. The van der Waals surface area contributed by atoms with Crippen LogP contribution in [-0.2, 0) is 13.1 Å². The maximum absolute atomic E-state index is 13.0. The van der Waals surface area contributed by atoms with Gasteiger partial charge in [-0.15, -0.1) is 0 Å². The summed E-state index contributed by atoms with van der Waals surface area (Å²) in [6.07, 6.45) is 1.51. The number of imidazole rings is 1. The molecule has 0 aliphatic carbocycles. The van der Waals surface area contributed by atoms with Gasteiger partial charge in [-0.2, -0.15) is 9.97 Å². The molecule has 8 heteroatoms. The Kier molecular flexibility index (Phi) is 3.14. The third-order valence-corrected chi connectivity index (χ3v) is 5.39. The second-order valence-electron chi connectivity index (χ2n) is 7.04. The van der Waals surface area contributed by atoms with E-state index in [1.165, 1.54) is 11.2 Å². The average molecular weight is 382 g/mol. The Labute approximate surface area is 164 Å². The van der Waals surface area contributed by atoms with Gasteiger partial charge in [0.1, 0.15) is 0 Å². The Bertz CT molecular complexity index is 1330. The van der Waals surface area contributed by atoms with Gasteiger partial charge in [-0.25, -0.2) is 4.98 Å². The molecule has 0 spiro atoms. The number of nitrogens with one attached hydrogen (secondary N) is 1. The molecule has 0 unspecified atom stereocenters. The number of carbonyl (C=O) groups excluding carboxylic acids is 2. The zero-order valence-corrected chi connectivity index (χ0v) is 15.2. The lowest BCUT2D eigenvalue weighted by Gasteiger charge is -2.19. The summed E-state index contributed by atoms with van der Waals surface area (Å²) < 4.78 is 0. The van der Waals surface area contributed by atoms with E-state index in [1.807, 2.05) is 42.5 Å². The summed E-state index contributed by atoms with van der Waals surface area (Å²) in [6.45, 7) is 0.795. The predicted molar refractivity (Wildman–Crippen MR) is 106 cm³/mol. The van der Waals surface area contributed by atoms with Gasteiger partial charge in [0.25, 0.3) is 11.8 Å². The van der Waals surface area contributed by atoms with E-state index < -0.39 is 0 Å². The average Bonchev–Trinajstić information content (AvgIpc) is 3.44. The lowest BCUT2D eigenvalue weighted by Crippen LogP contribution is -2.28. The molecule has 29 heavy (non-hydrogen) atoms. The van der Waals surface area contributed by atoms with Crippen LogP contribution in [0.4, 0.5) is 11.8 Å². The number of hydrogen-bond acceptors (Lipinski definition) is 5. The summed E-state index contributed by atoms with van der Waals surface area (Å²) >= 11 is 0. The van der Waals surface area contributed by atoms with Crippen LogP contribution in [0.3, 0.4) is 0 Å². The number of aromatic amines is 1. The molecule has 4 aromatic rings. The van der Waals surface area contributed by atoms with Gasteiger partial charge in [-0.1, -0.05) is 36.4 Å². The molecular weight excluding hydrogens is 368 g/mol. The summed E-state index contributed by atoms with van der Waals surface area (Å²) in [5.74, 6) is 0.366. The lowest BCUT2D eigenvalue weighted by molar-refractivity contribution is 0.0990. The Morgan fingerprint density at radius 3 is 2.10 bits per heavy atom. The largest absolute Gasteiger partial charge is 0.329 e. The Hall–Kier alpha value is -4.07. The van der Waals surface area contributed by atoms with E-state index in [2.05, 4.69) is 19.9 Å². The topological polar surface area (TPSA) is 95.1 Å². The molecule has 8 nitrogen and oxygen atoms in total. The van der Waals surface area contributed by atoms with Gasteiger partial charge >= 0.3 is 0 Å². The van der Waals surface area contributed by atoms with Gasteiger partial charge in [0.15, 0.2) is 17.0 Å². The number of nitrogens with zero attached hydrogens (tertiary/aromatic N) is 5. The minimum Gasteiger partial charge on any atom is -0.329 e. The standard InChI is InChI=1S/C21H14N6O2/c28-19-14-7-3-1-5-12(14)9-26(19)18-16-17(23-11-22-16)24-21(25-18)27-10-13-6-2-4-8-15(13)20(27)29/h1-8,11H,9-10H2,(H,22,23,24,25). The smallest absolute Gasteiger partial charge is 0.261 e. The maximum atomic E-state index is 13.0. The van der Waals surface area contributed by atoms with Crippen molar-refractivity contribution in [1.29, 1.82) is 0 Å². The highest BCUT2D eigenvalue weighted by atomic mass is 16.2. The molecule has 140 valence electrons. The first kappa shape index (κ1) is 15.9. The first-order valence-corrected chi connectivity index (χ1v) is 9.21. The minimum absolute atomic E-state index is 0.134. The van der Waals surface area contributed by atoms with Crippen molar-refractivity contribution < 1.29 is 9.59 Å². The van der Waals surface area contributed by atoms with Crippen LogP contribution in [0.25, 0.3) is 11.2 Å². The highest BCUT2D eigenvalue weighted by molar-refractivity contribution is 6.13. The number of benzene rings is 2. The Morgan fingerprint density at radius 1 is 0.793 bits per heavy atom. The number of fused-ring (bicyclic) bond motifs is 3. The van der Waals surface area contributed by atoms with Crippen molar-refractivity contribution in [3.8, 4) is 0 Å². The molecule has 0 saturated heterocycles. The van der Waals surface area contributed by atoms with E-state index in [-0.39, 0.29) is 17.8 Å². The fraction of sp³-hybridized carbons (Fsp3) is 0.0952. The summed E-state index contributed by atoms with van der Waals surface area (Å²) in [6, 6.07) is 14.9. The number of aromatic nitrogens is 4. The van der Waals surface area contributed by atoms with E-state index >= 15 is 0 Å². The van der Waals surface area contributed by atoms with Crippen LogP contribution >= 0.6 is 0 Å². The second-order valence-corrected chi connectivity index (χ2v) is 7.04. The normalized spacial score (nSPS) is 15.3. The number of H-pyrrole nitrogens is 1. The van der Waals surface area contributed by atoms with Crippen LogP contribution in [0, 0.1) is 0 Å². The fourth-order valence-corrected chi connectivity index (χ4v) is 3.96. The molecule has 2 amide bonds. The third kappa shape index (κ3) is 2.22. The first-order valence-electron chi connectivity index (χ1n) is 9.21. The molecule has 0 atom stereocenters. The van der Waals surface area contributed by atoms with Crippen LogP contribution in [0.2, 0.25) is 0 Å². The van der Waals surface area contributed by atoms with E-state index in [9.17, 15) is 9.59 Å². The zero-order valence-electron chi connectivity index (χ0n) is 15.2. The van der Waals surface area contributed by atoms with Crippen molar-refractivity contribution in [2.24, 2.45) is 0 Å². The Morgan fingerprint density at radius 2 is 1.41 bits per heavy atom. The van der Waals surface area contributed by atoms with Crippen LogP contribution in [0.1, 0.15) is 31.8 Å². The number of anilines is 2. The minimum atomic E-state index is -0.151. The first-order chi connectivity index (χ1) is 14.2. The number of hydrogen-bond donors (Lipinski definition) is 1. The van der Waals surface area contributed by atoms with E-state index in [0.717, 1.165) is 11.1 Å². The number of carbonyl (C=O) groups is 2. The van der Waals surface area contributed by atoms with Crippen molar-refractivity contribution in [2.45, 2.75) is 13.1 Å². The van der Waals surface area contributed by atoms with E-state index in [0.29, 0.717) is 41.2 Å². The molecular formula is C21H14N6O2. The van der Waals surface area contributed by atoms with E-state index in [4.69, 9.17) is 0 Å². The third-order valence-electron chi connectivity index (χ3n) is 5.39. The van der Waals surface area contributed by atoms with Gasteiger partial charge in [0.2, 0.25) is 5.95 Å². The van der Waals surface area contributed by atoms with Gasteiger partial charge in [0.05, 0.1) is 19.4 Å². The molecule has 1 N–H and O–H groups in total. The monoisotopic (exact) mass is 382 g/mol. The molecule has 2 aromatic carbocycles. The van der Waals surface area contributed by atoms with E-state index in [1.54, 1.807) is 11.0 Å². The van der Waals surface area contributed by atoms with Crippen molar-refractivity contribution in [2.75, 3.05) is 9.80 Å². The molecule has 2 aliphatic heterocycles. The number of rotatable bonds is 2. The fourth-order valence-electron chi connectivity index (χ4n) is 3.96. The van der Waals surface area contributed by atoms with Crippen LogP contribution in [-0.4, -0.2) is 31.8 Å². The van der Waals surface area contributed by atoms with Gasteiger partial charge in [0, 0.05) is 11.1 Å². The maximum Gasteiger partial charge on any atom is 0.261 e. The quantitative estimate of drug-likeness (QED) is 0.575. The summed E-state index contributed by atoms with van der Waals surface area (Å²) in [5, 5.41) is 0. The molecule has 0 radical (unpaired) electrons. The van der Waals surface area contributed by atoms with Crippen molar-refractivity contribution in [3.05, 3.63) is 77.1 Å².